The van der Waals surface area contributed by atoms with Gasteiger partial charge in [0.05, 0.1) is 12.5 Å². The van der Waals surface area contributed by atoms with Crippen LogP contribution in [0, 0.1) is 0 Å². The molecule has 0 aromatic carbocycles. The van der Waals surface area contributed by atoms with Crippen molar-refractivity contribution in [2.24, 2.45) is 7.05 Å². The molecule has 2 rings (SSSR count). The molecular weight excluding hydrogens is 260 g/mol. The maximum Gasteiger partial charge on any atom is 0.224 e. The fourth-order valence-corrected chi connectivity index (χ4v) is 2.63. The molecule has 1 amide bonds. The third kappa shape index (κ3) is 3.94. The van der Waals surface area contributed by atoms with E-state index in [1.54, 1.807) is 11.3 Å². The number of carbonyl (C=O) groups is 1. The number of nitrogens with zero attached hydrogens (tertiary/aromatic N) is 1. The van der Waals surface area contributed by atoms with Crippen LogP contribution in [-0.4, -0.2) is 22.1 Å². The summed E-state index contributed by atoms with van der Waals surface area (Å²) in [6.45, 7) is 0.481. The second-order valence-corrected chi connectivity index (χ2v) is 5.29. The van der Waals surface area contributed by atoms with Gasteiger partial charge in [-0.3, -0.25) is 4.79 Å². The summed E-state index contributed by atoms with van der Waals surface area (Å²) in [6, 6.07) is 5.73. The molecule has 102 valence electrons. The van der Waals surface area contributed by atoms with Crippen LogP contribution in [0.1, 0.15) is 23.8 Å². The molecule has 2 N–H and O–H groups in total. The topological polar surface area (TPSA) is 54.3 Å². The molecule has 0 radical (unpaired) electrons. The molecule has 2 aromatic rings. The van der Waals surface area contributed by atoms with Crippen molar-refractivity contribution < 1.29 is 9.90 Å². The number of aryl methyl sites for hydroxylation is 1. The Kier molecular flexibility index (Phi) is 4.76. The lowest BCUT2D eigenvalue weighted by atomic mass is 10.2. The molecule has 0 saturated heterocycles. The van der Waals surface area contributed by atoms with E-state index in [9.17, 15) is 9.90 Å². The van der Waals surface area contributed by atoms with Crippen molar-refractivity contribution in [2.75, 3.05) is 6.54 Å². The normalized spacial score (nSPS) is 12.3. The zero-order chi connectivity index (χ0) is 13.7. The largest absolute Gasteiger partial charge is 0.387 e. The fourth-order valence-electron chi connectivity index (χ4n) is 1.96. The highest BCUT2D eigenvalue weighted by atomic mass is 32.1. The molecule has 0 aliphatic carbocycles. The Morgan fingerprint density at radius 3 is 3.00 bits per heavy atom. The number of aliphatic hydroxyl groups is 1. The molecule has 0 unspecified atom stereocenters. The van der Waals surface area contributed by atoms with Crippen LogP contribution in [0.2, 0.25) is 0 Å². The summed E-state index contributed by atoms with van der Waals surface area (Å²) >= 11 is 1.59. The summed E-state index contributed by atoms with van der Waals surface area (Å²) in [5, 5.41) is 16.7. The minimum absolute atomic E-state index is 0.00233. The first-order valence-electron chi connectivity index (χ1n) is 6.24. The van der Waals surface area contributed by atoms with E-state index in [1.165, 1.54) is 0 Å². The average molecular weight is 278 g/mol. The molecular formula is C14H18N2O2S. The van der Waals surface area contributed by atoms with E-state index >= 15 is 0 Å². The molecule has 0 saturated carbocycles. The van der Waals surface area contributed by atoms with Gasteiger partial charge in [-0.2, -0.15) is 11.3 Å². The number of hydrogen-bond acceptors (Lipinski definition) is 3. The zero-order valence-corrected chi connectivity index (χ0v) is 11.7. The van der Waals surface area contributed by atoms with Crippen LogP contribution in [0.5, 0.6) is 0 Å². The molecule has 2 heterocycles. The third-order valence-electron chi connectivity index (χ3n) is 3.01. The maximum atomic E-state index is 11.7. The SMILES string of the molecule is Cn1cccc1[C@H](O)CCNC(=O)Cc1ccsc1. The summed E-state index contributed by atoms with van der Waals surface area (Å²) in [5.74, 6) is -0.00233. The van der Waals surface area contributed by atoms with E-state index in [0.717, 1.165) is 11.3 Å². The van der Waals surface area contributed by atoms with Gasteiger partial charge in [-0.15, -0.1) is 0 Å². The first-order chi connectivity index (χ1) is 9.16. The summed E-state index contributed by atoms with van der Waals surface area (Å²) in [4.78, 5) is 11.7. The number of aromatic nitrogens is 1. The lowest BCUT2D eigenvalue weighted by Crippen LogP contribution is -2.27. The number of carbonyl (C=O) groups excluding carboxylic acids is 1. The Hall–Kier alpha value is -1.59. The first kappa shape index (κ1) is 13.8. The molecule has 0 aliphatic rings. The summed E-state index contributed by atoms with van der Waals surface area (Å²) in [6.07, 6.45) is 2.28. The fraction of sp³-hybridized carbons (Fsp3) is 0.357. The number of thiophene rings is 1. The van der Waals surface area contributed by atoms with E-state index in [4.69, 9.17) is 0 Å². The predicted octanol–water partition coefficient (Wildman–Crippen LogP) is 1.87. The Balaban J connectivity index is 1.72. The summed E-state index contributed by atoms with van der Waals surface area (Å²) in [5.41, 5.74) is 1.90. The second kappa shape index (κ2) is 6.54. The van der Waals surface area contributed by atoms with Gasteiger partial charge in [-0.05, 0) is 40.9 Å². The smallest absolute Gasteiger partial charge is 0.224 e. The number of nitrogens with one attached hydrogen (secondary N) is 1. The molecule has 0 fully saturated rings. The van der Waals surface area contributed by atoms with Gasteiger partial charge >= 0.3 is 0 Å². The zero-order valence-electron chi connectivity index (χ0n) is 10.9. The molecule has 4 nitrogen and oxygen atoms in total. The van der Waals surface area contributed by atoms with Gasteiger partial charge in [0.1, 0.15) is 0 Å². The van der Waals surface area contributed by atoms with E-state index in [0.29, 0.717) is 19.4 Å². The van der Waals surface area contributed by atoms with Crippen LogP contribution in [-0.2, 0) is 18.3 Å². The molecule has 0 aliphatic heterocycles. The predicted molar refractivity (Wildman–Crippen MR) is 76.0 cm³/mol. The Labute approximate surface area is 116 Å². The van der Waals surface area contributed by atoms with Crippen molar-refractivity contribution in [3.8, 4) is 0 Å². The minimum Gasteiger partial charge on any atom is -0.387 e. The quantitative estimate of drug-likeness (QED) is 0.847. The van der Waals surface area contributed by atoms with Gasteiger partial charge in [0.15, 0.2) is 0 Å². The van der Waals surface area contributed by atoms with Gasteiger partial charge in [0.25, 0.3) is 0 Å². The highest BCUT2D eigenvalue weighted by Gasteiger charge is 2.11. The van der Waals surface area contributed by atoms with Gasteiger partial charge in [0.2, 0.25) is 5.91 Å². The van der Waals surface area contributed by atoms with E-state index < -0.39 is 6.10 Å². The van der Waals surface area contributed by atoms with Gasteiger partial charge in [-0.25, -0.2) is 0 Å². The second-order valence-electron chi connectivity index (χ2n) is 4.51. The van der Waals surface area contributed by atoms with Gasteiger partial charge in [0, 0.05) is 25.5 Å². The maximum absolute atomic E-state index is 11.7. The standard InChI is InChI=1S/C14H18N2O2S/c1-16-7-2-3-12(16)13(17)4-6-15-14(18)9-11-5-8-19-10-11/h2-3,5,7-8,10,13,17H,4,6,9H2,1H3,(H,15,18)/t13-/m1/s1. The summed E-state index contributed by atoms with van der Waals surface area (Å²) < 4.78 is 1.89. The molecule has 19 heavy (non-hydrogen) atoms. The number of amides is 1. The van der Waals surface area contributed by atoms with Crippen LogP contribution in [0.25, 0.3) is 0 Å². The van der Waals surface area contributed by atoms with Crippen molar-refractivity contribution >= 4 is 17.2 Å². The Bertz CT molecular complexity index is 519. The Morgan fingerprint density at radius 1 is 1.53 bits per heavy atom. The van der Waals surface area contributed by atoms with Crippen LogP contribution in [0.15, 0.2) is 35.2 Å². The van der Waals surface area contributed by atoms with Crippen molar-refractivity contribution in [1.29, 1.82) is 0 Å². The molecule has 5 heteroatoms. The van der Waals surface area contributed by atoms with Gasteiger partial charge in [-0.1, -0.05) is 0 Å². The first-order valence-corrected chi connectivity index (χ1v) is 7.18. The number of aliphatic hydroxyl groups excluding tert-OH is 1. The van der Waals surface area contributed by atoms with Crippen LogP contribution < -0.4 is 5.32 Å². The van der Waals surface area contributed by atoms with Crippen LogP contribution >= 0.6 is 11.3 Å². The highest BCUT2D eigenvalue weighted by Crippen LogP contribution is 2.15. The lowest BCUT2D eigenvalue weighted by molar-refractivity contribution is -0.120. The number of rotatable bonds is 6. The Morgan fingerprint density at radius 2 is 2.37 bits per heavy atom. The minimum atomic E-state index is -0.540. The van der Waals surface area contributed by atoms with Crippen molar-refractivity contribution in [2.45, 2.75) is 18.9 Å². The molecule has 0 spiro atoms. The number of hydrogen-bond donors (Lipinski definition) is 2. The lowest BCUT2D eigenvalue weighted by Gasteiger charge is -2.12. The van der Waals surface area contributed by atoms with Crippen molar-refractivity contribution in [3.05, 3.63) is 46.4 Å². The molecule has 0 bridgehead atoms. The highest BCUT2D eigenvalue weighted by molar-refractivity contribution is 7.07. The van der Waals surface area contributed by atoms with Crippen molar-refractivity contribution in [3.63, 3.8) is 0 Å². The van der Waals surface area contributed by atoms with Crippen LogP contribution in [0.3, 0.4) is 0 Å². The molecule has 1 atom stereocenters. The van der Waals surface area contributed by atoms with E-state index in [1.807, 2.05) is 46.8 Å². The summed E-state index contributed by atoms with van der Waals surface area (Å²) in [7, 11) is 1.90. The monoisotopic (exact) mass is 278 g/mol. The van der Waals surface area contributed by atoms with Gasteiger partial charge < -0.3 is 15.0 Å². The van der Waals surface area contributed by atoms with E-state index in [2.05, 4.69) is 5.32 Å². The third-order valence-corrected chi connectivity index (χ3v) is 3.74. The van der Waals surface area contributed by atoms with Crippen molar-refractivity contribution in [1.82, 2.24) is 9.88 Å². The van der Waals surface area contributed by atoms with E-state index in [-0.39, 0.29) is 5.91 Å². The molecule has 2 aromatic heterocycles. The average Bonchev–Trinajstić information content (AvgIpc) is 3.00. The van der Waals surface area contributed by atoms with Crippen LogP contribution in [0.4, 0.5) is 0 Å².